The summed E-state index contributed by atoms with van der Waals surface area (Å²) in [5.74, 6) is -1.30. The molecule has 0 spiro atoms. The molecular weight excluding hydrogens is 288 g/mol. The fourth-order valence-corrected chi connectivity index (χ4v) is 2.84. The lowest BCUT2D eigenvalue weighted by atomic mass is 9.78. The van der Waals surface area contributed by atoms with Crippen LogP contribution in [0.25, 0.3) is 0 Å². The third-order valence-corrected chi connectivity index (χ3v) is 4.54. The molecule has 1 aromatic rings. The lowest BCUT2D eigenvalue weighted by Gasteiger charge is -2.23. The molecule has 0 saturated carbocycles. The highest BCUT2D eigenvalue weighted by molar-refractivity contribution is 6.11. The van der Waals surface area contributed by atoms with Crippen LogP contribution >= 0.6 is 0 Å². The molecule has 0 bridgehead atoms. The molecule has 3 nitrogen and oxygen atoms in total. The number of hydrogen-bond acceptors (Lipinski definition) is 2. The predicted molar refractivity (Wildman–Crippen MR) is 93.7 cm³/mol. The zero-order valence-electron chi connectivity index (χ0n) is 14.5. The van der Waals surface area contributed by atoms with Crippen LogP contribution in [0.4, 0.5) is 0 Å². The molecule has 1 aromatic carbocycles. The maximum absolute atomic E-state index is 12.6. The van der Waals surface area contributed by atoms with Gasteiger partial charge in [-0.2, -0.15) is 0 Å². The number of rotatable bonds is 12. The van der Waals surface area contributed by atoms with Crippen LogP contribution in [0.5, 0.6) is 0 Å². The van der Waals surface area contributed by atoms with Crippen LogP contribution in [0.3, 0.4) is 0 Å². The number of carboxylic acids is 1. The van der Waals surface area contributed by atoms with Crippen LogP contribution in [0.15, 0.2) is 30.3 Å². The second kappa shape index (κ2) is 10.2. The first kappa shape index (κ1) is 19.4. The van der Waals surface area contributed by atoms with E-state index in [1.165, 1.54) is 32.1 Å². The molecule has 0 fully saturated rings. The first-order chi connectivity index (χ1) is 11.0. The zero-order chi connectivity index (χ0) is 17.1. The van der Waals surface area contributed by atoms with E-state index >= 15 is 0 Å². The van der Waals surface area contributed by atoms with Crippen LogP contribution in [0.2, 0.25) is 0 Å². The Morgan fingerprint density at radius 3 is 1.96 bits per heavy atom. The van der Waals surface area contributed by atoms with Gasteiger partial charge in [0.15, 0.2) is 5.78 Å². The third kappa shape index (κ3) is 6.17. The Labute approximate surface area is 140 Å². The smallest absolute Gasteiger partial charge is 0.317 e. The monoisotopic (exact) mass is 318 g/mol. The van der Waals surface area contributed by atoms with E-state index in [4.69, 9.17) is 0 Å². The average molecular weight is 318 g/mol. The first-order valence-electron chi connectivity index (χ1n) is 8.85. The minimum Gasteiger partial charge on any atom is -0.480 e. The van der Waals surface area contributed by atoms with Crippen molar-refractivity contribution >= 4 is 11.8 Å². The van der Waals surface area contributed by atoms with Crippen molar-refractivity contribution < 1.29 is 14.7 Å². The van der Waals surface area contributed by atoms with Gasteiger partial charge in [-0.15, -0.1) is 0 Å². The topological polar surface area (TPSA) is 54.4 Å². The Bertz CT molecular complexity index is 481. The SMILES string of the molecule is CCCCCCCCCCC(C)(C(=O)O)C(=O)c1ccccc1. The Morgan fingerprint density at radius 1 is 0.913 bits per heavy atom. The summed E-state index contributed by atoms with van der Waals surface area (Å²) in [7, 11) is 0. The highest BCUT2D eigenvalue weighted by Crippen LogP contribution is 2.30. The normalized spacial score (nSPS) is 13.5. The summed E-state index contributed by atoms with van der Waals surface area (Å²) in [4.78, 5) is 24.2. The highest BCUT2D eigenvalue weighted by Gasteiger charge is 2.40. The van der Waals surface area contributed by atoms with Crippen molar-refractivity contribution in [3.05, 3.63) is 35.9 Å². The number of hydrogen-bond donors (Lipinski definition) is 1. The van der Waals surface area contributed by atoms with Crippen molar-refractivity contribution in [2.45, 2.75) is 71.6 Å². The Morgan fingerprint density at radius 2 is 1.43 bits per heavy atom. The molecular formula is C20H30O3. The molecule has 0 saturated heterocycles. The fourth-order valence-electron chi connectivity index (χ4n) is 2.84. The molecule has 0 aromatic heterocycles. The maximum atomic E-state index is 12.6. The van der Waals surface area contributed by atoms with Crippen molar-refractivity contribution in [3.63, 3.8) is 0 Å². The van der Waals surface area contributed by atoms with Crippen LogP contribution < -0.4 is 0 Å². The van der Waals surface area contributed by atoms with Crippen molar-refractivity contribution in [3.8, 4) is 0 Å². The van der Waals surface area contributed by atoms with E-state index in [-0.39, 0.29) is 5.78 Å². The van der Waals surface area contributed by atoms with Crippen LogP contribution in [0.1, 0.15) is 82.0 Å². The number of ketones is 1. The molecule has 1 unspecified atom stereocenters. The summed E-state index contributed by atoms with van der Waals surface area (Å²) in [5.41, 5.74) is -0.833. The van der Waals surface area contributed by atoms with Gasteiger partial charge >= 0.3 is 5.97 Å². The van der Waals surface area contributed by atoms with Gasteiger partial charge in [0.05, 0.1) is 0 Å². The molecule has 0 aliphatic heterocycles. The van der Waals surface area contributed by atoms with E-state index in [1.807, 2.05) is 6.07 Å². The number of carbonyl (C=O) groups is 2. The largest absolute Gasteiger partial charge is 0.480 e. The summed E-state index contributed by atoms with van der Waals surface area (Å²) in [6.07, 6.45) is 9.61. The lowest BCUT2D eigenvalue weighted by molar-refractivity contribution is -0.145. The highest BCUT2D eigenvalue weighted by atomic mass is 16.4. The van der Waals surface area contributed by atoms with Gasteiger partial charge in [0.1, 0.15) is 5.41 Å². The Kier molecular flexibility index (Phi) is 8.60. The molecule has 23 heavy (non-hydrogen) atoms. The Hall–Kier alpha value is -1.64. The number of carboxylic acid groups (broad SMARTS) is 1. The number of carbonyl (C=O) groups excluding carboxylic acids is 1. The first-order valence-corrected chi connectivity index (χ1v) is 8.85. The van der Waals surface area contributed by atoms with Gasteiger partial charge in [0.2, 0.25) is 0 Å². The summed E-state index contributed by atoms with van der Waals surface area (Å²) in [6, 6.07) is 8.75. The Balaban J connectivity index is 2.45. The van der Waals surface area contributed by atoms with E-state index in [1.54, 1.807) is 31.2 Å². The molecule has 1 N–H and O–H groups in total. The molecule has 0 amide bonds. The van der Waals surface area contributed by atoms with E-state index in [0.29, 0.717) is 12.0 Å². The minimum atomic E-state index is -1.32. The maximum Gasteiger partial charge on any atom is 0.317 e. The summed E-state index contributed by atoms with van der Waals surface area (Å²) >= 11 is 0. The van der Waals surface area contributed by atoms with Gasteiger partial charge < -0.3 is 5.11 Å². The summed E-state index contributed by atoms with van der Waals surface area (Å²) < 4.78 is 0. The van der Waals surface area contributed by atoms with Crippen molar-refractivity contribution in [2.75, 3.05) is 0 Å². The van der Waals surface area contributed by atoms with Gasteiger partial charge in [-0.25, -0.2) is 0 Å². The molecule has 0 radical (unpaired) electrons. The fraction of sp³-hybridized carbons (Fsp3) is 0.600. The minimum absolute atomic E-state index is 0.284. The molecule has 0 aliphatic carbocycles. The van der Waals surface area contributed by atoms with Crippen molar-refractivity contribution in [1.82, 2.24) is 0 Å². The molecule has 1 rings (SSSR count). The number of aliphatic carboxylic acids is 1. The average Bonchev–Trinajstić information content (AvgIpc) is 2.57. The van der Waals surface area contributed by atoms with Crippen molar-refractivity contribution in [1.29, 1.82) is 0 Å². The molecule has 1 atom stereocenters. The van der Waals surface area contributed by atoms with Gasteiger partial charge in [-0.05, 0) is 13.3 Å². The summed E-state index contributed by atoms with van der Waals surface area (Å²) in [5, 5.41) is 9.54. The number of Topliss-reactive ketones (excluding diaryl/α,β-unsaturated/α-hetero) is 1. The summed E-state index contributed by atoms with van der Waals surface area (Å²) in [6.45, 7) is 3.77. The van der Waals surface area contributed by atoms with Gasteiger partial charge in [0.25, 0.3) is 0 Å². The molecule has 128 valence electrons. The second-order valence-corrected chi connectivity index (χ2v) is 6.56. The van der Waals surface area contributed by atoms with Crippen LogP contribution in [-0.4, -0.2) is 16.9 Å². The molecule has 0 aliphatic rings. The predicted octanol–water partition coefficient (Wildman–Crippen LogP) is 5.49. The third-order valence-electron chi connectivity index (χ3n) is 4.54. The lowest BCUT2D eigenvalue weighted by Crippen LogP contribution is -2.36. The van der Waals surface area contributed by atoms with E-state index in [2.05, 4.69) is 6.92 Å². The van der Waals surface area contributed by atoms with Gasteiger partial charge in [0, 0.05) is 5.56 Å². The van der Waals surface area contributed by atoms with Gasteiger partial charge in [-0.1, -0.05) is 88.6 Å². The number of unbranched alkanes of at least 4 members (excludes halogenated alkanes) is 7. The molecule has 3 heteroatoms. The van der Waals surface area contributed by atoms with Gasteiger partial charge in [-0.3, -0.25) is 9.59 Å². The zero-order valence-corrected chi connectivity index (χ0v) is 14.5. The van der Waals surface area contributed by atoms with E-state index in [0.717, 1.165) is 19.3 Å². The molecule has 0 heterocycles. The quantitative estimate of drug-likeness (QED) is 0.315. The van der Waals surface area contributed by atoms with Crippen molar-refractivity contribution in [2.24, 2.45) is 5.41 Å². The second-order valence-electron chi connectivity index (χ2n) is 6.56. The van der Waals surface area contributed by atoms with Crippen LogP contribution in [-0.2, 0) is 4.79 Å². The van der Waals surface area contributed by atoms with E-state index < -0.39 is 11.4 Å². The standard InChI is InChI=1S/C20H30O3/c1-3-4-5-6-7-8-9-13-16-20(2,19(22)23)18(21)17-14-11-10-12-15-17/h10-12,14-15H,3-9,13,16H2,1-2H3,(H,22,23). The van der Waals surface area contributed by atoms with Crippen LogP contribution in [0, 0.1) is 5.41 Å². The van der Waals surface area contributed by atoms with E-state index in [9.17, 15) is 14.7 Å². The number of benzene rings is 1.